The first-order valence-electron chi connectivity index (χ1n) is 6.69. The van der Waals surface area contributed by atoms with Crippen LogP contribution in [0.25, 0.3) is 0 Å². The van der Waals surface area contributed by atoms with Gasteiger partial charge in [0.25, 0.3) is 0 Å². The molecule has 2 heteroatoms. The van der Waals surface area contributed by atoms with Crippen LogP contribution in [0.4, 0.5) is 0 Å². The summed E-state index contributed by atoms with van der Waals surface area (Å²) >= 11 is 0. The molecule has 0 amide bonds. The van der Waals surface area contributed by atoms with Crippen LogP contribution >= 0.6 is 0 Å². The fourth-order valence-corrected chi connectivity index (χ4v) is 2.19. The maximum Gasteiger partial charge on any atom is 0.0240 e. The molecule has 0 radical (unpaired) electrons. The molecule has 0 saturated carbocycles. The first-order chi connectivity index (χ1) is 7.28. The topological polar surface area (TPSA) is 15.3 Å². The lowest BCUT2D eigenvalue weighted by Gasteiger charge is -2.36. The van der Waals surface area contributed by atoms with Crippen molar-refractivity contribution in [2.45, 2.75) is 54.0 Å². The summed E-state index contributed by atoms with van der Waals surface area (Å²) in [6.07, 6.45) is 1.22. The van der Waals surface area contributed by atoms with Crippen LogP contribution in [-0.4, -0.2) is 37.6 Å². The van der Waals surface area contributed by atoms with Crippen molar-refractivity contribution in [1.29, 1.82) is 0 Å². The van der Waals surface area contributed by atoms with Gasteiger partial charge in [-0.05, 0) is 31.3 Å². The predicted octanol–water partition coefficient (Wildman–Crippen LogP) is 2.99. The van der Waals surface area contributed by atoms with E-state index in [4.69, 9.17) is 0 Å². The largest absolute Gasteiger partial charge is 0.315 e. The lowest BCUT2D eigenvalue weighted by atomic mass is 9.93. The van der Waals surface area contributed by atoms with Gasteiger partial charge in [-0.25, -0.2) is 0 Å². The fraction of sp³-hybridized carbons (Fsp3) is 1.00. The summed E-state index contributed by atoms with van der Waals surface area (Å²) in [6, 6.07) is 0.644. The fourth-order valence-electron chi connectivity index (χ4n) is 2.19. The minimum absolute atomic E-state index is 0.382. The lowest BCUT2D eigenvalue weighted by molar-refractivity contribution is 0.137. The van der Waals surface area contributed by atoms with E-state index in [1.54, 1.807) is 0 Å². The molecule has 0 rings (SSSR count). The second-order valence-corrected chi connectivity index (χ2v) is 6.49. The van der Waals surface area contributed by atoms with Crippen molar-refractivity contribution in [3.05, 3.63) is 0 Å². The summed E-state index contributed by atoms with van der Waals surface area (Å²) in [7, 11) is 2.25. The Hall–Kier alpha value is -0.0800. The van der Waals surface area contributed by atoms with Gasteiger partial charge >= 0.3 is 0 Å². The summed E-state index contributed by atoms with van der Waals surface area (Å²) in [5, 5.41) is 3.54. The van der Waals surface area contributed by atoms with Crippen LogP contribution < -0.4 is 5.32 Å². The second kappa shape index (κ2) is 7.29. The Kier molecular flexibility index (Phi) is 7.25. The number of nitrogens with one attached hydrogen (secondary N) is 1. The molecule has 0 bridgehead atoms. The van der Waals surface area contributed by atoms with Gasteiger partial charge in [0.15, 0.2) is 0 Å². The quantitative estimate of drug-likeness (QED) is 0.674. The highest BCUT2D eigenvalue weighted by Crippen LogP contribution is 2.18. The normalized spacial score (nSPS) is 14.8. The molecule has 0 heterocycles. The van der Waals surface area contributed by atoms with Gasteiger partial charge in [-0.2, -0.15) is 0 Å². The minimum Gasteiger partial charge on any atom is -0.315 e. The average molecular weight is 228 g/mol. The van der Waals surface area contributed by atoms with Gasteiger partial charge in [0.2, 0.25) is 0 Å². The van der Waals surface area contributed by atoms with Crippen LogP contribution in [0.3, 0.4) is 0 Å². The first kappa shape index (κ1) is 15.9. The summed E-state index contributed by atoms with van der Waals surface area (Å²) in [4.78, 5) is 2.51. The Balaban J connectivity index is 4.19. The van der Waals surface area contributed by atoms with Crippen LogP contribution in [0.5, 0.6) is 0 Å². The van der Waals surface area contributed by atoms with E-state index in [0.717, 1.165) is 19.6 Å². The molecule has 0 aliphatic rings. The number of hydrogen-bond donors (Lipinski definition) is 1. The van der Waals surface area contributed by atoms with Crippen LogP contribution in [-0.2, 0) is 0 Å². The van der Waals surface area contributed by atoms with Crippen molar-refractivity contribution < 1.29 is 0 Å². The third kappa shape index (κ3) is 7.24. The van der Waals surface area contributed by atoms with Crippen molar-refractivity contribution >= 4 is 0 Å². The van der Waals surface area contributed by atoms with E-state index in [0.29, 0.717) is 17.4 Å². The van der Waals surface area contributed by atoms with Gasteiger partial charge in [0.1, 0.15) is 0 Å². The molecule has 0 fully saturated rings. The van der Waals surface area contributed by atoms with Gasteiger partial charge < -0.3 is 10.2 Å². The van der Waals surface area contributed by atoms with E-state index in [2.05, 4.69) is 58.8 Å². The maximum absolute atomic E-state index is 3.54. The molecular weight excluding hydrogens is 196 g/mol. The zero-order chi connectivity index (χ0) is 12.8. The van der Waals surface area contributed by atoms with E-state index in [-0.39, 0.29) is 0 Å². The zero-order valence-corrected chi connectivity index (χ0v) is 12.4. The Morgan fingerprint density at radius 2 is 1.75 bits per heavy atom. The van der Waals surface area contributed by atoms with Gasteiger partial charge in [-0.1, -0.05) is 41.5 Å². The van der Waals surface area contributed by atoms with E-state index < -0.39 is 0 Å². The Labute approximate surface area is 103 Å². The van der Waals surface area contributed by atoms with Crippen LogP contribution in [0.15, 0.2) is 0 Å². The molecule has 1 N–H and O–H groups in total. The lowest BCUT2D eigenvalue weighted by Crippen LogP contribution is -2.46. The Bertz CT molecular complexity index is 170. The van der Waals surface area contributed by atoms with Crippen molar-refractivity contribution in [2.24, 2.45) is 11.3 Å². The minimum atomic E-state index is 0.382. The molecule has 0 saturated heterocycles. The SMILES string of the molecule is CCCNCC(C(C)C)N(C)CC(C)(C)C. The molecular formula is C14H32N2. The standard InChI is InChI=1S/C14H32N2/c1-8-9-15-10-13(12(2)3)16(7)11-14(4,5)6/h12-13,15H,8-11H2,1-7H3. The molecule has 1 atom stereocenters. The van der Waals surface area contributed by atoms with Crippen LogP contribution in [0.2, 0.25) is 0 Å². The van der Waals surface area contributed by atoms with Gasteiger partial charge in [-0.15, -0.1) is 0 Å². The Morgan fingerprint density at radius 3 is 2.12 bits per heavy atom. The van der Waals surface area contributed by atoms with Gasteiger partial charge in [-0.3, -0.25) is 0 Å². The van der Waals surface area contributed by atoms with Crippen LogP contribution in [0.1, 0.15) is 48.0 Å². The second-order valence-electron chi connectivity index (χ2n) is 6.49. The molecule has 2 nitrogen and oxygen atoms in total. The third-order valence-electron chi connectivity index (χ3n) is 2.84. The van der Waals surface area contributed by atoms with E-state index in [1.807, 2.05) is 0 Å². The van der Waals surface area contributed by atoms with Crippen molar-refractivity contribution in [2.75, 3.05) is 26.7 Å². The smallest absolute Gasteiger partial charge is 0.0240 e. The molecule has 16 heavy (non-hydrogen) atoms. The Morgan fingerprint density at radius 1 is 1.19 bits per heavy atom. The van der Waals surface area contributed by atoms with Crippen LogP contribution in [0, 0.1) is 11.3 Å². The zero-order valence-electron chi connectivity index (χ0n) is 12.4. The van der Waals surface area contributed by atoms with E-state index >= 15 is 0 Å². The highest BCUT2D eigenvalue weighted by Gasteiger charge is 2.22. The number of nitrogens with zero attached hydrogens (tertiary/aromatic N) is 1. The summed E-state index contributed by atoms with van der Waals surface area (Å²) in [6.45, 7) is 17.2. The molecule has 98 valence electrons. The molecule has 0 aromatic heterocycles. The molecule has 0 aromatic carbocycles. The number of hydrogen-bond acceptors (Lipinski definition) is 2. The third-order valence-corrected chi connectivity index (χ3v) is 2.84. The maximum atomic E-state index is 3.54. The monoisotopic (exact) mass is 228 g/mol. The first-order valence-corrected chi connectivity index (χ1v) is 6.69. The molecule has 0 aromatic rings. The summed E-state index contributed by atoms with van der Waals surface area (Å²) in [5.74, 6) is 0.705. The van der Waals surface area contributed by atoms with Crippen molar-refractivity contribution in [3.63, 3.8) is 0 Å². The number of rotatable bonds is 7. The molecule has 0 spiro atoms. The highest BCUT2D eigenvalue weighted by atomic mass is 15.2. The molecule has 0 aliphatic carbocycles. The predicted molar refractivity (Wildman–Crippen MR) is 73.9 cm³/mol. The van der Waals surface area contributed by atoms with Gasteiger partial charge in [0.05, 0.1) is 0 Å². The van der Waals surface area contributed by atoms with Crippen molar-refractivity contribution in [3.8, 4) is 0 Å². The number of likely N-dealkylation sites (N-methyl/N-ethyl adjacent to an activating group) is 1. The van der Waals surface area contributed by atoms with E-state index in [1.165, 1.54) is 6.42 Å². The molecule has 0 aliphatic heterocycles. The highest BCUT2D eigenvalue weighted by molar-refractivity contribution is 4.78. The van der Waals surface area contributed by atoms with Gasteiger partial charge in [0, 0.05) is 19.1 Å². The van der Waals surface area contributed by atoms with Crippen molar-refractivity contribution in [1.82, 2.24) is 10.2 Å². The summed E-state index contributed by atoms with van der Waals surface area (Å²) < 4.78 is 0. The summed E-state index contributed by atoms with van der Waals surface area (Å²) in [5.41, 5.74) is 0.382. The average Bonchev–Trinajstić information content (AvgIpc) is 2.08. The van der Waals surface area contributed by atoms with E-state index in [9.17, 15) is 0 Å². The molecule has 1 unspecified atom stereocenters.